The highest BCUT2D eigenvalue weighted by Crippen LogP contribution is 2.23. The topological polar surface area (TPSA) is 70.2 Å². The van der Waals surface area contributed by atoms with Crippen LogP contribution in [0.4, 0.5) is 4.79 Å². The van der Waals surface area contributed by atoms with Gasteiger partial charge in [0.25, 0.3) is 0 Å². The van der Waals surface area contributed by atoms with Crippen LogP contribution in [0.15, 0.2) is 0 Å². The molecule has 0 aromatic carbocycles. The van der Waals surface area contributed by atoms with E-state index in [0.29, 0.717) is 39.1 Å². The van der Waals surface area contributed by atoms with Gasteiger partial charge in [0.2, 0.25) is 11.8 Å². The number of amides is 3. The molecule has 0 aliphatic carbocycles. The maximum Gasteiger partial charge on any atom is 0.410 e. The van der Waals surface area contributed by atoms with Gasteiger partial charge in [-0.3, -0.25) is 14.5 Å². The highest BCUT2D eigenvalue weighted by Gasteiger charge is 2.39. The minimum absolute atomic E-state index is 0.0278. The van der Waals surface area contributed by atoms with Crippen LogP contribution in [0.25, 0.3) is 0 Å². The van der Waals surface area contributed by atoms with Crippen LogP contribution in [0, 0.1) is 5.92 Å². The van der Waals surface area contributed by atoms with Gasteiger partial charge in [-0.05, 0) is 33.6 Å². The first-order chi connectivity index (χ1) is 11.6. The highest BCUT2D eigenvalue weighted by molar-refractivity contribution is 5.86. The molecule has 1 atom stereocenters. The average Bonchev–Trinajstić information content (AvgIpc) is 3.01. The maximum atomic E-state index is 12.9. The maximum absolute atomic E-state index is 12.9. The van der Waals surface area contributed by atoms with Crippen LogP contribution < -0.4 is 0 Å². The van der Waals surface area contributed by atoms with Crippen LogP contribution in [0.3, 0.4) is 0 Å². The van der Waals surface area contributed by atoms with Crippen molar-refractivity contribution in [2.24, 2.45) is 5.92 Å². The third-order valence-corrected chi connectivity index (χ3v) is 4.56. The molecule has 2 heterocycles. The molecule has 0 saturated carbocycles. The van der Waals surface area contributed by atoms with Crippen molar-refractivity contribution in [3.8, 4) is 0 Å². The fraction of sp³-hybridized carbons (Fsp3) is 0.833. The summed E-state index contributed by atoms with van der Waals surface area (Å²) in [6.45, 7) is 12.0. The van der Waals surface area contributed by atoms with Crippen LogP contribution in [-0.2, 0) is 14.3 Å². The first kappa shape index (κ1) is 19.5. The SMILES string of the molecule is CC(C)C(=O)N1CCN(C(=O)[C@@H]2CCCN2C(=O)OC(C)(C)C)CC1. The number of hydrogen-bond acceptors (Lipinski definition) is 4. The third-order valence-electron chi connectivity index (χ3n) is 4.56. The zero-order valence-electron chi connectivity index (χ0n) is 16.1. The lowest BCUT2D eigenvalue weighted by Gasteiger charge is -2.38. The van der Waals surface area contributed by atoms with Gasteiger partial charge in [-0.2, -0.15) is 0 Å². The van der Waals surface area contributed by atoms with Crippen molar-refractivity contribution in [1.29, 1.82) is 0 Å². The Labute approximate surface area is 150 Å². The number of ether oxygens (including phenoxy) is 1. The first-order valence-corrected chi connectivity index (χ1v) is 9.17. The van der Waals surface area contributed by atoms with Gasteiger partial charge in [0.15, 0.2) is 0 Å². The minimum atomic E-state index is -0.573. The highest BCUT2D eigenvalue weighted by atomic mass is 16.6. The molecule has 142 valence electrons. The van der Waals surface area contributed by atoms with Crippen LogP contribution in [0.1, 0.15) is 47.5 Å². The van der Waals surface area contributed by atoms with E-state index in [9.17, 15) is 14.4 Å². The summed E-state index contributed by atoms with van der Waals surface area (Å²) >= 11 is 0. The lowest BCUT2D eigenvalue weighted by atomic mass is 10.1. The van der Waals surface area contributed by atoms with Gasteiger partial charge in [0.1, 0.15) is 11.6 Å². The van der Waals surface area contributed by atoms with Gasteiger partial charge in [0, 0.05) is 38.6 Å². The number of likely N-dealkylation sites (tertiary alicyclic amines) is 1. The summed E-state index contributed by atoms with van der Waals surface area (Å²) < 4.78 is 5.43. The van der Waals surface area contributed by atoms with Crippen molar-refractivity contribution >= 4 is 17.9 Å². The Hall–Kier alpha value is -1.79. The summed E-state index contributed by atoms with van der Waals surface area (Å²) in [5, 5.41) is 0. The smallest absolute Gasteiger partial charge is 0.410 e. The number of nitrogens with zero attached hydrogens (tertiary/aromatic N) is 3. The lowest BCUT2D eigenvalue weighted by molar-refractivity contribution is -0.143. The molecule has 2 saturated heterocycles. The minimum Gasteiger partial charge on any atom is -0.444 e. The summed E-state index contributed by atoms with van der Waals surface area (Å²) in [6.07, 6.45) is 1.06. The van der Waals surface area contributed by atoms with E-state index in [1.54, 1.807) is 9.80 Å². The summed E-state index contributed by atoms with van der Waals surface area (Å²) in [4.78, 5) is 42.4. The van der Waals surface area contributed by atoms with Gasteiger partial charge < -0.3 is 14.5 Å². The van der Waals surface area contributed by atoms with E-state index in [4.69, 9.17) is 4.74 Å². The van der Waals surface area contributed by atoms with Crippen molar-refractivity contribution in [3.05, 3.63) is 0 Å². The summed E-state index contributed by atoms with van der Waals surface area (Å²) in [6, 6.07) is -0.442. The van der Waals surface area contributed by atoms with E-state index in [1.165, 1.54) is 0 Å². The zero-order chi connectivity index (χ0) is 18.8. The molecule has 0 N–H and O–H groups in total. The van der Waals surface area contributed by atoms with E-state index in [2.05, 4.69) is 0 Å². The van der Waals surface area contributed by atoms with Crippen molar-refractivity contribution in [3.63, 3.8) is 0 Å². The van der Waals surface area contributed by atoms with Crippen LogP contribution >= 0.6 is 0 Å². The second-order valence-electron chi connectivity index (χ2n) is 8.14. The Morgan fingerprint density at radius 2 is 1.52 bits per heavy atom. The van der Waals surface area contributed by atoms with E-state index >= 15 is 0 Å². The molecular formula is C18H31N3O4. The fourth-order valence-corrected chi connectivity index (χ4v) is 3.29. The normalized spacial score (nSPS) is 21.7. The molecule has 0 spiro atoms. The quantitative estimate of drug-likeness (QED) is 0.758. The Kier molecular flexibility index (Phi) is 5.95. The van der Waals surface area contributed by atoms with Crippen LogP contribution in [0.5, 0.6) is 0 Å². The van der Waals surface area contributed by atoms with E-state index in [-0.39, 0.29) is 17.7 Å². The average molecular weight is 353 g/mol. The largest absolute Gasteiger partial charge is 0.444 e. The second-order valence-corrected chi connectivity index (χ2v) is 8.14. The lowest BCUT2D eigenvalue weighted by Crippen LogP contribution is -2.56. The Morgan fingerprint density at radius 3 is 2.04 bits per heavy atom. The van der Waals surface area contributed by atoms with Crippen molar-refractivity contribution in [1.82, 2.24) is 14.7 Å². The molecule has 3 amide bonds. The predicted molar refractivity (Wildman–Crippen MR) is 94.0 cm³/mol. The third kappa shape index (κ3) is 4.86. The van der Waals surface area contributed by atoms with Crippen molar-refractivity contribution in [2.75, 3.05) is 32.7 Å². The van der Waals surface area contributed by atoms with Gasteiger partial charge in [0.05, 0.1) is 0 Å². The van der Waals surface area contributed by atoms with Crippen molar-refractivity contribution < 1.29 is 19.1 Å². The number of hydrogen-bond donors (Lipinski definition) is 0. The van der Waals surface area contributed by atoms with Gasteiger partial charge in [-0.25, -0.2) is 4.79 Å². The van der Waals surface area contributed by atoms with Gasteiger partial charge in [-0.1, -0.05) is 13.8 Å². The van der Waals surface area contributed by atoms with Crippen molar-refractivity contribution in [2.45, 2.75) is 59.1 Å². The zero-order valence-corrected chi connectivity index (χ0v) is 16.1. The molecule has 0 unspecified atom stereocenters. The molecular weight excluding hydrogens is 322 g/mol. The Morgan fingerprint density at radius 1 is 0.960 bits per heavy atom. The molecule has 7 nitrogen and oxygen atoms in total. The molecule has 2 fully saturated rings. The predicted octanol–water partition coefficient (Wildman–Crippen LogP) is 1.71. The first-order valence-electron chi connectivity index (χ1n) is 9.17. The Bertz CT molecular complexity index is 519. The standard InChI is InChI=1S/C18H31N3O4/c1-13(2)15(22)19-9-11-20(12-10-19)16(23)14-7-6-8-21(14)17(24)25-18(3,4)5/h13-14H,6-12H2,1-5H3/t14-/m0/s1. The molecule has 2 aliphatic rings. The van der Waals surface area contributed by atoms with E-state index < -0.39 is 17.7 Å². The number of carbonyl (C=O) groups excluding carboxylic acids is 3. The van der Waals surface area contributed by atoms with Crippen LogP contribution in [-0.4, -0.2) is 77.0 Å². The number of rotatable bonds is 2. The summed E-state index contributed by atoms with van der Waals surface area (Å²) in [5.74, 6) is 0.0723. The summed E-state index contributed by atoms with van der Waals surface area (Å²) in [7, 11) is 0. The molecule has 0 bridgehead atoms. The number of piperazine rings is 1. The van der Waals surface area contributed by atoms with Crippen LogP contribution in [0.2, 0.25) is 0 Å². The molecule has 0 aromatic rings. The van der Waals surface area contributed by atoms with E-state index in [1.807, 2.05) is 39.5 Å². The second kappa shape index (κ2) is 7.62. The monoisotopic (exact) mass is 353 g/mol. The summed E-state index contributed by atoms with van der Waals surface area (Å²) in [5.41, 5.74) is -0.573. The molecule has 2 rings (SSSR count). The number of carbonyl (C=O) groups is 3. The molecule has 0 radical (unpaired) electrons. The van der Waals surface area contributed by atoms with E-state index in [0.717, 1.165) is 6.42 Å². The van der Waals surface area contributed by atoms with Gasteiger partial charge >= 0.3 is 6.09 Å². The molecule has 25 heavy (non-hydrogen) atoms. The molecule has 7 heteroatoms. The van der Waals surface area contributed by atoms with Gasteiger partial charge in [-0.15, -0.1) is 0 Å². The Balaban J connectivity index is 1.94. The fourth-order valence-electron chi connectivity index (χ4n) is 3.29. The molecule has 2 aliphatic heterocycles. The molecule has 0 aromatic heterocycles.